The molecular weight excluding hydrogens is 322 g/mol. The second kappa shape index (κ2) is 6.51. The quantitative estimate of drug-likeness (QED) is 0.887. The van der Waals surface area contributed by atoms with Crippen molar-refractivity contribution < 1.29 is 4.74 Å². The summed E-state index contributed by atoms with van der Waals surface area (Å²) in [7, 11) is 1.93. The summed E-state index contributed by atoms with van der Waals surface area (Å²) in [6, 6.07) is 5.93. The Morgan fingerprint density at radius 3 is 2.67 bits per heavy atom. The van der Waals surface area contributed by atoms with Crippen LogP contribution in [0.4, 0.5) is 0 Å². The minimum Gasteiger partial charge on any atom is -0.488 e. The molecule has 0 bridgehead atoms. The molecule has 0 aliphatic heterocycles. The van der Waals surface area contributed by atoms with Crippen LogP contribution in [0.1, 0.15) is 13.3 Å². The first-order valence-electron chi connectivity index (χ1n) is 4.93. The SMILES string of the molecule is CCC(CNC)Oc1ccc(Br)cc1Br. The lowest BCUT2D eigenvalue weighted by atomic mass is 10.2. The van der Waals surface area contributed by atoms with Gasteiger partial charge in [-0.1, -0.05) is 22.9 Å². The van der Waals surface area contributed by atoms with Crippen LogP contribution in [-0.2, 0) is 0 Å². The summed E-state index contributed by atoms with van der Waals surface area (Å²) in [4.78, 5) is 0. The van der Waals surface area contributed by atoms with Crippen LogP contribution in [-0.4, -0.2) is 19.7 Å². The average molecular weight is 337 g/mol. The van der Waals surface area contributed by atoms with Gasteiger partial charge in [0.15, 0.2) is 0 Å². The summed E-state index contributed by atoms with van der Waals surface area (Å²) in [6.07, 6.45) is 1.20. The third-order valence-electron chi connectivity index (χ3n) is 2.07. The monoisotopic (exact) mass is 335 g/mol. The summed E-state index contributed by atoms with van der Waals surface area (Å²) in [5.74, 6) is 0.889. The molecule has 0 aliphatic carbocycles. The number of halogens is 2. The van der Waals surface area contributed by atoms with Gasteiger partial charge < -0.3 is 10.1 Å². The van der Waals surface area contributed by atoms with Crippen molar-refractivity contribution >= 4 is 31.9 Å². The maximum absolute atomic E-state index is 5.86. The van der Waals surface area contributed by atoms with E-state index >= 15 is 0 Å². The molecule has 84 valence electrons. The highest BCUT2D eigenvalue weighted by Gasteiger charge is 2.09. The molecular formula is C11H15Br2NO. The van der Waals surface area contributed by atoms with Gasteiger partial charge in [-0.25, -0.2) is 0 Å². The Balaban J connectivity index is 2.70. The second-order valence-corrected chi connectivity index (χ2v) is 5.05. The summed E-state index contributed by atoms with van der Waals surface area (Å²) < 4.78 is 7.88. The summed E-state index contributed by atoms with van der Waals surface area (Å²) in [5.41, 5.74) is 0. The predicted octanol–water partition coefficient (Wildman–Crippen LogP) is 3.59. The van der Waals surface area contributed by atoms with Crippen molar-refractivity contribution in [1.82, 2.24) is 5.32 Å². The Morgan fingerprint density at radius 1 is 1.40 bits per heavy atom. The van der Waals surface area contributed by atoms with Gasteiger partial charge in [-0.3, -0.25) is 0 Å². The van der Waals surface area contributed by atoms with Crippen molar-refractivity contribution in [2.75, 3.05) is 13.6 Å². The standard InChI is InChI=1S/C11H15Br2NO/c1-3-9(7-14-2)15-11-5-4-8(12)6-10(11)13/h4-6,9,14H,3,7H2,1-2H3. The van der Waals surface area contributed by atoms with E-state index in [0.717, 1.165) is 27.7 Å². The highest BCUT2D eigenvalue weighted by molar-refractivity contribution is 9.11. The van der Waals surface area contributed by atoms with Crippen molar-refractivity contribution in [3.63, 3.8) is 0 Å². The molecule has 0 heterocycles. The van der Waals surface area contributed by atoms with E-state index in [-0.39, 0.29) is 6.10 Å². The Kier molecular flexibility index (Phi) is 5.64. The molecule has 4 heteroatoms. The first-order valence-corrected chi connectivity index (χ1v) is 6.52. The molecule has 1 unspecified atom stereocenters. The molecule has 2 nitrogen and oxygen atoms in total. The van der Waals surface area contributed by atoms with Crippen molar-refractivity contribution in [1.29, 1.82) is 0 Å². The number of likely N-dealkylation sites (N-methyl/N-ethyl adjacent to an activating group) is 1. The van der Waals surface area contributed by atoms with Crippen molar-refractivity contribution in [2.24, 2.45) is 0 Å². The molecule has 0 fully saturated rings. The van der Waals surface area contributed by atoms with E-state index in [0.29, 0.717) is 0 Å². The number of nitrogens with one attached hydrogen (secondary N) is 1. The summed E-state index contributed by atoms with van der Waals surface area (Å²) in [5, 5.41) is 3.12. The summed E-state index contributed by atoms with van der Waals surface area (Å²) >= 11 is 6.89. The average Bonchev–Trinajstić information content (AvgIpc) is 2.21. The van der Waals surface area contributed by atoms with Crippen LogP contribution < -0.4 is 10.1 Å². The number of rotatable bonds is 5. The normalized spacial score (nSPS) is 12.5. The molecule has 0 aliphatic rings. The van der Waals surface area contributed by atoms with Crippen LogP contribution in [0.3, 0.4) is 0 Å². The van der Waals surface area contributed by atoms with Gasteiger partial charge in [0.2, 0.25) is 0 Å². The minimum atomic E-state index is 0.215. The fourth-order valence-corrected chi connectivity index (χ4v) is 2.39. The third kappa shape index (κ3) is 4.13. The number of ether oxygens (including phenoxy) is 1. The Labute approximate surface area is 108 Å². The van der Waals surface area contributed by atoms with Gasteiger partial charge in [-0.05, 0) is 47.6 Å². The van der Waals surface area contributed by atoms with Crippen LogP contribution >= 0.6 is 31.9 Å². The van der Waals surface area contributed by atoms with E-state index < -0.39 is 0 Å². The van der Waals surface area contributed by atoms with Crippen LogP contribution in [0.2, 0.25) is 0 Å². The number of hydrogen-bond acceptors (Lipinski definition) is 2. The Hall–Kier alpha value is -0.0600. The molecule has 1 aromatic carbocycles. The van der Waals surface area contributed by atoms with Crippen LogP contribution in [0.5, 0.6) is 5.75 Å². The molecule has 1 atom stereocenters. The maximum Gasteiger partial charge on any atom is 0.134 e. The predicted molar refractivity (Wildman–Crippen MR) is 70.5 cm³/mol. The molecule has 0 saturated carbocycles. The van der Waals surface area contributed by atoms with Crippen molar-refractivity contribution in [3.8, 4) is 5.75 Å². The fraction of sp³-hybridized carbons (Fsp3) is 0.455. The van der Waals surface area contributed by atoms with E-state index in [2.05, 4.69) is 44.1 Å². The Morgan fingerprint density at radius 2 is 2.13 bits per heavy atom. The Bertz CT molecular complexity index is 317. The number of benzene rings is 1. The van der Waals surface area contributed by atoms with Crippen LogP contribution in [0, 0.1) is 0 Å². The van der Waals surface area contributed by atoms with Crippen LogP contribution in [0.15, 0.2) is 27.1 Å². The van der Waals surface area contributed by atoms with E-state index in [4.69, 9.17) is 4.74 Å². The minimum absolute atomic E-state index is 0.215. The second-order valence-electron chi connectivity index (χ2n) is 3.28. The van der Waals surface area contributed by atoms with Gasteiger partial charge in [0.1, 0.15) is 11.9 Å². The highest BCUT2D eigenvalue weighted by atomic mass is 79.9. The molecule has 15 heavy (non-hydrogen) atoms. The zero-order valence-electron chi connectivity index (χ0n) is 8.89. The van der Waals surface area contributed by atoms with Crippen molar-refractivity contribution in [2.45, 2.75) is 19.4 Å². The summed E-state index contributed by atoms with van der Waals surface area (Å²) in [6.45, 7) is 2.98. The van der Waals surface area contributed by atoms with E-state index in [9.17, 15) is 0 Å². The molecule has 0 spiro atoms. The molecule has 0 radical (unpaired) electrons. The van der Waals surface area contributed by atoms with E-state index in [1.54, 1.807) is 0 Å². The van der Waals surface area contributed by atoms with Gasteiger partial charge in [0.05, 0.1) is 4.47 Å². The smallest absolute Gasteiger partial charge is 0.134 e. The number of hydrogen-bond donors (Lipinski definition) is 1. The lowest BCUT2D eigenvalue weighted by Crippen LogP contribution is -2.28. The van der Waals surface area contributed by atoms with Crippen LogP contribution in [0.25, 0.3) is 0 Å². The molecule has 0 saturated heterocycles. The molecule has 1 aromatic rings. The lowest BCUT2D eigenvalue weighted by Gasteiger charge is -2.18. The molecule has 0 aromatic heterocycles. The molecule has 1 N–H and O–H groups in total. The zero-order chi connectivity index (χ0) is 11.3. The lowest BCUT2D eigenvalue weighted by molar-refractivity contribution is 0.195. The van der Waals surface area contributed by atoms with Crippen molar-refractivity contribution in [3.05, 3.63) is 27.1 Å². The van der Waals surface area contributed by atoms with Gasteiger partial charge in [-0.15, -0.1) is 0 Å². The van der Waals surface area contributed by atoms with Gasteiger partial charge in [0, 0.05) is 11.0 Å². The fourth-order valence-electron chi connectivity index (χ4n) is 1.25. The third-order valence-corrected chi connectivity index (χ3v) is 3.19. The first-order chi connectivity index (χ1) is 7.17. The topological polar surface area (TPSA) is 21.3 Å². The maximum atomic E-state index is 5.86. The zero-order valence-corrected chi connectivity index (χ0v) is 12.1. The first kappa shape index (κ1) is 13.0. The molecule has 1 rings (SSSR count). The highest BCUT2D eigenvalue weighted by Crippen LogP contribution is 2.29. The van der Waals surface area contributed by atoms with Gasteiger partial charge in [0.25, 0.3) is 0 Å². The largest absolute Gasteiger partial charge is 0.488 e. The van der Waals surface area contributed by atoms with Gasteiger partial charge in [-0.2, -0.15) is 0 Å². The van der Waals surface area contributed by atoms with E-state index in [1.807, 2.05) is 25.2 Å². The van der Waals surface area contributed by atoms with Gasteiger partial charge >= 0.3 is 0 Å². The van der Waals surface area contributed by atoms with E-state index in [1.165, 1.54) is 0 Å². The molecule has 0 amide bonds.